The predicted molar refractivity (Wildman–Crippen MR) is 62.3 cm³/mol. The van der Waals surface area contributed by atoms with Crippen LogP contribution in [-0.2, 0) is 4.74 Å². The fourth-order valence-corrected chi connectivity index (χ4v) is 2.00. The van der Waals surface area contributed by atoms with E-state index in [1.165, 1.54) is 6.20 Å². The van der Waals surface area contributed by atoms with Crippen molar-refractivity contribution in [3.05, 3.63) is 33.1 Å². The molecule has 0 amide bonds. The van der Waals surface area contributed by atoms with Crippen LogP contribution in [-0.4, -0.2) is 55.8 Å². The third-order valence-corrected chi connectivity index (χ3v) is 3.07. The minimum absolute atomic E-state index is 0.542. The van der Waals surface area contributed by atoms with Crippen LogP contribution in [0.3, 0.4) is 0 Å². The summed E-state index contributed by atoms with van der Waals surface area (Å²) >= 11 is 0. The number of H-pyrrole nitrogens is 1. The molecule has 19 heavy (non-hydrogen) atoms. The molecule has 0 saturated carbocycles. The van der Waals surface area contributed by atoms with Crippen molar-refractivity contribution in [3.8, 4) is 0 Å². The van der Waals surface area contributed by atoms with E-state index in [4.69, 9.17) is 15.6 Å². The van der Waals surface area contributed by atoms with Gasteiger partial charge >= 0.3 is 5.69 Å². The minimum atomic E-state index is -1.37. The summed E-state index contributed by atoms with van der Waals surface area (Å²) in [5, 5.41) is 28.5. The standard InChI is InChI=1S/C10H15N3O6/c11-6-8(17)7(16)4(3-14)19-9(6)13-2-1-5(15)12-10(13)18/h1-2,4,6-9,14,16-17H,3,11H2,(H,12,15,18). The Morgan fingerprint density at radius 2 is 2.05 bits per heavy atom. The molecule has 2 heterocycles. The molecular formula is C10H15N3O6. The van der Waals surface area contributed by atoms with E-state index in [1.807, 2.05) is 4.98 Å². The van der Waals surface area contributed by atoms with E-state index in [0.717, 1.165) is 10.6 Å². The molecule has 0 aliphatic carbocycles. The lowest BCUT2D eigenvalue weighted by Crippen LogP contribution is -2.61. The topological polar surface area (TPSA) is 151 Å². The van der Waals surface area contributed by atoms with Crippen molar-refractivity contribution >= 4 is 0 Å². The summed E-state index contributed by atoms with van der Waals surface area (Å²) in [5.41, 5.74) is 4.37. The number of aliphatic hydroxyl groups excluding tert-OH is 3. The van der Waals surface area contributed by atoms with Crippen LogP contribution in [0.2, 0.25) is 0 Å². The van der Waals surface area contributed by atoms with Gasteiger partial charge in [0.2, 0.25) is 0 Å². The molecule has 1 aliphatic rings. The van der Waals surface area contributed by atoms with Crippen LogP contribution < -0.4 is 17.0 Å². The quantitative estimate of drug-likeness (QED) is 0.374. The SMILES string of the molecule is NC1C(O)C(O)C(CO)OC1n1ccc(=O)[nH]c1=O. The number of ether oxygens (including phenoxy) is 1. The molecule has 1 saturated heterocycles. The fourth-order valence-electron chi connectivity index (χ4n) is 2.00. The van der Waals surface area contributed by atoms with E-state index in [9.17, 15) is 19.8 Å². The average Bonchev–Trinajstić information content (AvgIpc) is 2.38. The van der Waals surface area contributed by atoms with Crippen LogP contribution in [0.1, 0.15) is 6.23 Å². The lowest BCUT2D eigenvalue weighted by Gasteiger charge is -2.41. The zero-order valence-electron chi connectivity index (χ0n) is 9.84. The number of aromatic amines is 1. The lowest BCUT2D eigenvalue weighted by molar-refractivity contribution is -0.211. The summed E-state index contributed by atoms with van der Waals surface area (Å²) in [6, 6.07) is 0.0180. The maximum Gasteiger partial charge on any atom is 0.330 e. The molecule has 106 valence electrons. The molecule has 9 heteroatoms. The monoisotopic (exact) mass is 273 g/mol. The van der Waals surface area contributed by atoms with Crippen molar-refractivity contribution in [2.45, 2.75) is 30.6 Å². The third-order valence-electron chi connectivity index (χ3n) is 3.07. The van der Waals surface area contributed by atoms with E-state index in [0.29, 0.717) is 0 Å². The molecule has 1 fully saturated rings. The summed E-state index contributed by atoms with van der Waals surface area (Å²) in [6.07, 6.45) is -3.71. The summed E-state index contributed by atoms with van der Waals surface area (Å²) in [7, 11) is 0. The first kappa shape index (κ1) is 13.9. The number of rotatable bonds is 2. The Hall–Kier alpha value is -1.52. The highest BCUT2D eigenvalue weighted by atomic mass is 16.5. The van der Waals surface area contributed by atoms with E-state index < -0.39 is 48.4 Å². The highest BCUT2D eigenvalue weighted by Crippen LogP contribution is 2.25. The minimum Gasteiger partial charge on any atom is -0.394 e. The maximum atomic E-state index is 11.6. The molecule has 9 nitrogen and oxygen atoms in total. The van der Waals surface area contributed by atoms with Crippen molar-refractivity contribution < 1.29 is 20.1 Å². The van der Waals surface area contributed by atoms with E-state index >= 15 is 0 Å². The first-order chi connectivity index (χ1) is 8.95. The van der Waals surface area contributed by atoms with Gasteiger partial charge in [-0.3, -0.25) is 14.3 Å². The molecule has 2 rings (SSSR count). The molecule has 0 bridgehead atoms. The van der Waals surface area contributed by atoms with E-state index in [2.05, 4.69) is 0 Å². The number of nitrogens with zero attached hydrogens (tertiary/aromatic N) is 1. The highest BCUT2D eigenvalue weighted by Gasteiger charge is 2.43. The van der Waals surface area contributed by atoms with Gasteiger partial charge in [-0.05, 0) is 0 Å². The second-order valence-corrected chi connectivity index (χ2v) is 4.32. The Balaban J connectivity index is 2.38. The molecule has 5 atom stereocenters. The van der Waals surface area contributed by atoms with Gasteiger partial charge in [0.25, 0.3) is 5.56 Å². The number of nitrogens with two attached hydrogens (primary N) is 1. The Kier molecular flexibility index (Phi) is 3.83. The molecular weight excluding hydrogens is 258 g/mol. The van der Waals surface area contributed by atoms with Crippen molar-refractivity contribution in [2.75, 3.05) is 6.61 Å². The number of aromatic nitrogens is 2. The number of aliphatic hydroxyl groups is 3. The van der Waals surface area contributed by atoms with Crippen LogP contribution in [0, 0.1) is 0 Å². The smallest absolute Gasteiger partial charge is 0.330 e. The van der Waals surface area contributed by atoms with Crippen LogP contribution in [0.5, 0.6) is 0 Å². The van der Waals surface area contributed by atoms with Gasteiger partial charge in [0.15, 0.2) is 6.23 Å². The number of nitrogens with one attached hydrogen (secondary N) is 1. The maximum absolute atomic E-state index is 11.6. The summed E-state index contributed by atoms with van der Waals surface area (Å²) in [5.74, 6) is 0. The molecule has 0 spiro atoms. The van der Waals surface area contributed by atoms with Crippen LogP contribution >= 0.6 is 0 Å². The first-order valence-corrected chi connectivity index (χ1v) is 5.65. The lowest BCUT2D eigenvalue weighted by atomic mass is 9.97. The average molecular weight is 273 g/mol. The fraction of sp³-hybridized carbons (Fsp3) is 0.600. The van der Waals surface area contributed by atoms with E-state index in [-0.39, 0.29) is 0 Å². The molecule has 1 aromatic rings. The Morgan fingerprint density at radius 3 is 2.63 bits per heavy atom. The predicted octanol–water partition coefficient (Wildman–Crippen LogP) is -3.52. The summed E-state index contributed by atoms with van der Waals surface area (Å²) in [4.78, 5) is 24.6. The molecule has 5 unspecified atom stereocenters. The second kappa shape index (κ2) is 5.23. The van der Waals surface area contributed by atoms with Gasteiger partial charge in [-0.15, -0.1) is 0 Å². The number of hydrogen-bond donors (Lipinski definition) is 5. The van der Waals surface area contributed by atoms with Gasteiger partial charge in [-0.25, -0.2) is 4.79 Å². The van der Waals surface area contributed by atoms with Crippen molar-refractivity contribution in [2.24, 2.45) is 5.73 Å². The Morgan fingerprint density at radius 1 is 1.37 bits per heavy atom. The first-order valence-electron chi connectivity index (χ1n) is 5.65. The number of hydrogen-bond acceptors (Lipinski definition) is 7. The van der Waals surface area contributed by atoms with Gasteiger partial charge in [-0.2, -0.15) is 0 Å². The third kappa shape index (κ3) is 2.46. The zero-order valence-corrected chi connectivity index (χ0v) is 9.84. The molecule has 0 aromatic carbocycles. The highest BCUT2D eigenvalue weighted by molar-refractivity contribution is 4.95. The Labute approximate surface area is 106 Å². The van der Waals surface area contributed by atoms with Gasteiger partial charge in [-0.1, -0.05) is 0 Å². The van der Waals surface area contributed by atoms with Crippen LogP contribution in [0.4, 0.5) is 0 Å². The molecule has 1 aromatic heterocycles. The zero-order chi connectivity index (χ0) is 14.2. The van der Waals surface area contributed by atoms with Crippen molar-refractivity contribution in [1.82, 2.24) is 9.55 Å². The largest absolute Gasteiger partial charge is 0.394 e. The summed E-state index contributed by atoms with van der Waals surface area (Å²) < 4.78 is 6.28. The normalized spacial score (nSPS) is 35.3. The molecule has 0 radical (unpaired) electrons. The van der Waals surface area contributed by atoms with E-state index in [1.54, 1.807) is 0 Å². The van der Waals surface area contributed by atoms with Crippen LogP contribution in [0.15, 0.2) is 21.9 Å². The van der Waals surface area contributed by atoms with Gasteiger partial charge in [0.05, 0.1) is 12.6 Å². The second-order valence-electron chi connectivity index (χ2n) is 4.32. The van der Waals surface area contributed by atoms with Crippen molar-refractivity contribution in [3.63, 3.8) is 0 Å². The van der Waals surface area contributed by atoms with Gasteiger partial charge in [0.1, 0.15) is 18.3 Å². The van der Waals surface area contributed by atoms with Crippen LogP contribution in [0.25, 0.3) is 0 Å². The van der Waals surface area contributed by atoms with Crippen molar-refractivity contribution in [1.29, 1.82) is 0 Å². The van der Waals surface area contributed by atoms with Gasteiger partial charge in [0, 0.05) is 12.3 Å². The molecule has 1 aliphatic heterocycles. The summed E-state index contributed by atoms with van der Waals surface area (Å²) in [6.45, 7) is -0.542. The van der Waals surface area contributed by atoms with Gasteiger partial charge < -0.3 is 25.8 Å². The molecule has 6 N–H and O–H groups in total. The Bertz CT molecular complexity index is 553.